The fraction of sp³-hybridized carbons (Fsp3) is 1.00. The lowest BCUT2D eigenvalue weighted by molar-refractivity contribution is 0.147. The van der Waals surface area contributed by atoms with Gasteiger partial charge < -0.3 is 5.11 Å². The van der Waals surface area contributed by atoms with Crippen LogP contribution in [0.4, 0.5) is 0 Å². The van der Waals surface area contributed by atoms with Crippen LogP contribution < -0.4 is 0 Å². The molecule has 0 aromatic heterocycles. The van der Waals surface area contributed by atoms with Gasteiger partial charge in [0.2, 0.25) is 0 Å². The van der Waals surface area contributed by atoms with Crippen molar-refractivity contribution in [2.24, 2.45) is 5.92 Å². The molecule has 0 aliphatic heterocycles. The van der Waals surface area contributed by atoms with Gasteiger partial charge in [0, 0.05) is 5.92 Å². The average molecular weight is 222 g/mol. The van der Waals surface area contributed by atoms with Crippen molar-refractivity contribution >= 4 is 10.1 Å². The van der Waals surface area contributed by atoms with E-state index in [1.165, 1.54) is 6.42 Å². The third kappa shape index (κ3) is 3.55. The van der Waals surface area contributed by atoms with E-state index in [9.17, 15) is 13.5 Å². The fourth-order valence-electron chi connectivity index (χ4n) is 2.02. The first-order valence-electron chi connectivity index (χ1n) is 5.16. The molecule has 0 amide bonds. The van der Waals surface area contributed by atoms with E-state index in [0.717, 1.165) is 25.7 Å². The van der Waals surface area contributed by atoms with Gasteiger partial charge in [-0.1, -0.05) is 32.1 Å². The van der Waals surface area contributed by atoms with E-state index < -0.39 is 15.6 Å². The standard InChI is InChI=1S/C9H18O4S/c10-9(14(11,12)13)8-6-4-2-1-3-5-7-8/h8-10H,1-7H2,(H,11,12,13). The number of hydrogen-bond donors (Lipinski definition) is 2. The van der Waals surface area contributed by atoms with E-state index in [2.05, 4.69) is 0 Å². The summed E-state index contributed by atoms with van der Waals surface area (Å²) >= 11 is 0. The van der Waals surface area contributed by atoms with Crippen LogP contribution in [0.1, 0.15) is 44.9 Å². The topological polar surface area (TPSA) is 74.6 Å². The number of aliphatic hydroxyl groups is 1. The summed E-state index contributed by atoms with van der Waals surface area (Å²) in [7, 11) is -4.28. The van der Waals surface area contributed by atoms with E-state index in [4.69, 9.17) is 4.55 Å². The quantitative estimate of drug-likeness (QED) is 0.695. The molecular formula is C9H18O4S. The van der Waals surface area contributed by atoms with Crippen LogP contribution in [0.3, 0.4) is 0 Å². The minimum absolute atomic E-state index is 0.287. The Kier molecular flexibility index (Phi) is 4.34. The number of hydrogen-bond acceptors (Lipinski definition) is 3. The third-order valence-corrected chi connectivity index (χ3v) is 3.85. The molecule has 1 unspecified atom stereocenters. The second-order valence-electron chi connectivity index (χ2n) is 4.01. The van der Waals surface area contributed by atoms with Gasteiger partial charge in [0.1, 0.15) is 0 Å². The highest BCUT2D eigenvalue weighted by atomic mass is 32.2. The predicted octanol–water partition coefficient (Wildman–Crippen LogP) is 1.55. The molecular weight excluding hydrogens is 204 g/mol. The van der Waals surface area contributed by atoms with Gasteiger partial charge in [-0.2, -0.15) is 8.42 Å². The zero-order valence-corrected chi connectivity index (χ0v) is 9.04. The van der Waals surface area contributed by atoms with Crippen LogP contribution in [-0.2, 0) is 10.1 Å². The van der Waals surface area contributed by atoms with Crippen molar-refractivity contribution in [3.05, 3.63) is 0 Å². The molecule has 0 saturated heterocycles. The zero-order valence-electron chi connectivity index (χ0n) is 8.22. The second kappa shape index (κ2) is 5.09. The van der Waals surface area contributed by atoms with E-state index in [1.807, 2.05) is 0 Å². The summed E-state index contributed by atoms with van der Waals surface area (Å²) in [5, 5.41) is 9.39. The monoisotopic (exact) mass is 222 g/mol. The molecule has 1 saturated carbocycles. The molecule has 2 N–H and O–H groups in total. The van der Waals surface area contributed by atoms with Gasteiger partial charge in [-0.25, -0.2) is 0 Å². The first-order valence-corrected chi connectivity index (χ1v) is 6.66. The lowest BCUT2D eigenvalue weighted by Crippen LogP contribution is -2.29. The van der Waals surface area contributed by atoms with Crippen LogP contribution >= 0.6 is 0 Å². The summed E-state index contributed by atoms with van der Waals surface area (Å²) in [6, 6.07) is 0. The van der Waals surface area contributed by atoms with Crippen molar-refractivity contribution in [3.63, 3.8) is 0 Å². The van der Waals surface area contributed by atoms with Crippen molar-refractivity contribution in [1.29, 1.82) is 0 Å². The summed E-state index contributed by atoms with van der Waals surface area (Å²) in [4.78, 5) is 0. The first-order chi connectivity index (χ1) is 6.52. The Hall–Kier alpha value is -0.130. The lowest BCUT2D eigenvalue weighted by atomic mass is 9.92. The summed E-state index contributed by atoms with van der Waals surface area (Å²) in [6.45, 7) is 0. The van der Waals surface area contributed by atoms with Crippen molar-refractivity contribution < 1.29 is 18.1 Å². The smallest absolute Gasteiger partial charge is 0.292 e. The SMILES string of the molecule is O=S(=O)(O)C(O)C1CCCCCCC1. The van der Waals surface area contributed by atoms with E-state index >= 15 is 0 Å². The molecule has 0 spiro atoms. The molecule has 0 aromatic carbocycles. The Morgan fingerprint density at radius 3 is 1.86 bits per heavy atom. The Morgan fingerprint density at radius 2 is 1.43 bits per heavy atom. The van der Waals surface area contributed by atoms with Gasteiger partial charge in [-0.3, -0.25) is 4.55 Å². The van der Waals surface area contributed by atoms with Crippen LogP contribution in [0.2, 0.25) is 0 Å². The maximum atomic E-state index is 10.7. The van der Waals surface area contributed by atoms with E-state index in [0.29, 0.717) is 12.8 Å². The summed E-state index contributed by atoms with van der Waals surface area (Å²) in [6.07, 6.45) is 6.65. The molecule has 4 nitrogen and oxygen atoms in total. The highest BCUT2D eigenvalue weighted by Gasteiger charge is 2.29. The van der Waals surface area contributed by atoms with E-state index in [-0.39, 0.29) is 5.92 Å². The van der Waals surface area contributed by atoms with Crippen LogP contribution in [-0.4, -0.2) is 23.5 Å². The maximum Gasteiger partial charge on any atom is 0.292 e. The fourth-order valence-corrected chi connectivity index (χ4v) is 2.77. The molecule has 1 atom stereocenters. The number of aliphatic hydroxyl groups excluding tert-OH is 1. The van der Waals surface area contributed by atoms with Crippen molar-refractivity contribution in [2.75, 3.05) is 0 Å². The molecule has 84 valence electrons. The van der Waals surface area contributed by atoms with E-state index in [1.54, 1.807) is 0 Å². The van der Waals surface area contributed by atoms with Gasteiger partial charge in [-0.15, -0.1) is 0 Å². The molecule has 1 fully saturated rings. The van der Waals surface area contributed by atoms with Gasteiger partial charge in [0.15, 0.2) is 5.44 Å². The van der Waals surface area contributed by atoms with Crippen molar-refractivity contribution in [2.45, 2.75) is 50.4 Å². The first kappa shape index (κ1) is 11.9. The Balaban J connectivity index is 2.56. The Morgan fingerprint density at radius 1 is 1.00 bits per heavy atom. The molecule has 1 aliphatic carbocycles. The highest BCUT2D eigenvalue weighted by Crippen LogP contribution is 2.26. The predicted molar refractivity (Wildman–Crippen MR) is 53.4 cm³/mol. The summed E-state index contributed by atoms with van der Waals surface area (Å²) < 4.78 is 30.2. The molecule has 0 radical (unpaired) electrons. The van der Waals surface area contributed by atoms with Crippen molar-refractivity contribution in [1.82, 2.24) is 0 Å². The Bertz CT molecular complexity index is 252. The van der Waals surface area contributed by atoms with Gasteiger partial charge in [0.05, 0.1) is 0 Å². The molecule has 0 aromatic rings. The maximum absolute atomic E-state index is 10.7. The molecule has 5 heteroatoms. The number of rotatable bonds is 2. The molecule has 14 heavy (non-hydrogen) atoms. The van der Waals surface area contributed by atoms with Crippen LogP contribution in [0.25, 0.3) is 0 Å². The lowest BCUT2D eigenvalue weighted by Gasteiger charge is -2.22. The van der Waals surface area contributed by atoms with Crippen LogP contribution in [0, 0.1) is 5.92 Å². The zero-order chi connectivity index (χ0) is 10.6. The molecule has 0 heterocycles. The van der Waals surface area contributed by atoms with Gasteiger partial charge >= 0.3 is 0 Å². The molecule has 1 rings (SSSR count). The summed E-state index contributed by atoms with van der Waals surface area (Å²) in [5.74, 6) is -0.287. The summed E-state index contributed by atoms with van der Waals surface area (Å²) in [5.41, 5.74) is -1.58. The molecule has 1 aliphatic rings. The second-order valence-corrected chi connectivity index (χ2v) is 5.52. The van der Waals surface area contributed by atoms with Crippen molar-refractivity contribution in [3.8, 4) is 0 Å². The Labute approximate surface area is 85.1 Å². The van der Waals surface area contributed by atoms with Gasteiger partial charge in [0.25, 0.3) is 10.1 Å². The average Bonchev–Trinajstić information content (AvgIpc) is 2.00. The minimum atomic E-state index is -4.28. The highest BCUT2D eigenvalue weighted by molar-refractivity contribution is 7.86. The third-order valence-electron chi connectivity index (χ3n) is 2.86. The largest absolute Gasteiger partial charge is 0.375 e. The normalized spacial score (nSPS) is 23.9. The minimum Gasteiger partial charge on any atom is -0.375 e. The van der Waals surface area contributed by atoms with Gasteiger partial charge in [-0.05, 0) is 12.8 Å². The van der Waals surface area contributed by atoms with Crippen LogP contribution in [0.5, 0.6) is 0 Å². The van der Waals surface area contributed by atoms with Crippen LogP contribution in [0.15, 0.2) is 0 Å². The molecule has 0 bridgehead atoms.